The van der Waals surface area contributed by atoms with Crippen molar-refractivity contribution in [2.45, 2.75) is 0 Å². The topological polar surface area (TPSA) is 86.5 Å². The van der Waals surface area contributed by atoms with Gasteiger partial charge in [-0.05, 0) is 12.1 Å². The van der Waals surface area contributed by atoms with Gasteiger partial charge in [-0.25, -0.2) is 4.79 Å². The third-order valence-electron chi connectivity index (χ3n) is 3.71. The summed E-state index contributed by atoms with van der Waals surface area (Å²) in [7, 11) is 0. The number of fused-ring (bicyclic) bond motifs is 2. The van der Waals surface area contributed by atoms with Crippen LogP contribution in [0.3, 0.4) is 0 Å². The van der Waals surface area contributed by atoms with Crippen molar-refractivity contribution in [3.8, 4) is 0 Å². The van der Waals surface area contributed by atoms with E-state index in [1.54, 1.807) is 24.3 Å². The maximum Gasteiger partial charge on any atom is 0.340 e. The molecule has 0 aromatic heterocycles. The molecule has 2 N–H and O–H groups in total. The maximum atomic E-state index is 12.7. The van der Waals surface area contributed by atoms with E-state index in [9.17, 15) is 14.4 Å². The first-order valence-electron chi connectivity index (χ1n) is 7.03. The van der Waals surface area contributed by atoms with Crippen LogP contribution >= 0.6 is 11.6 Å². The number of hydrogen-bond acceptors (Lipinski definition) is 5. The van der Waals surface area contributed by atoms with E-state index in [0.717, 1.165) is 0 Å². The van der Waals surface area contributed by atoms with Gasteiger partial charge < -0.3 is 10.5 Å². The Labute approximate surface area is 142 Å². The van der Waals surface area contributed by atoms with Crippen LogP contribution in [0, 0.1) is 0 Å². The van der Waals surface area contributed by atoms with Crippen molar-refractivity contribution in [3.05, 3.63) is 75.8 Å². The lowest BCUT2D eigenvalue weighted by Crippen LogP contribution is -2.24. The van der Waals surface area contributed by atoms with Gasteiger partial charge in [0.25, 0.3) is 0 Å². The first kappa shape index (κ1) is 16.0. The van der Waals surface area contributed by atoms with E-state index < -0.39 is 11.8 Å². The minimum Gasteiger partial charge on any atom is -0.456 e. The quantitative estimate of drug-likeness (QED) is 0.584. The second-order valence-electron chi connectivity index (χ2n) is 5.25. The molecule has 5 nitrogen and oxygen atoms in total. The van der Waals surface area contributed by atoms with Crippen molar-refractivity contribution in [1.29, 1.82) is 0 Å². The lowest BCUT2D eigenvalue weighted by molar-refractivity contribution is 0.0547. The van der Waals surface area contributed by atoms with E-state index in [-0.39, 0.29) is 45.4 Å². The zero-order chi connectivity index (χ0) is 17.4. The molecule has 0 bridgehead atoms. The summed E-state index contributed by atoms with van der Waals surface area (Å²) in [5.74, 6) is -1.44. The number of esters is 1. The molecule has 2 aromatic rings. The van der Waals surface area contributed by atoms with Crippen LogP contribution in [0.2, 0.25) is 0 Å². The molecule has 0 unspecified atom stereocenters. The molecular weight excluding hydrogens is 330 g/mol. The standard InChI is InChI=1S/C18H12ClNO4/c1-9(19)8-24-18(23)13-7-6-12-14(15(13)20)17(22)11-5-3-2-4-10(11)16(12)21/h2-7H,1,8,20H2. The van der Waals surface area contributed by atoms with Gasteiger partial charge in [-0.1, -0.05) is 42.4 Å². The Kier molecular flexibility index (Phi) is 3.95. The predicted molar refractivity (Wildman–Crippen MR) is 89.4 cm³/mol. The summed E-state index contributed by atoms with van der Waals surface area (Å²) < 4.78 is 4.95. The molecule has 24 heavy (non-hydrogen) atoms. The lowest BCUT2D eigenvalue weighted by atomic mass is 9.82. The zero-order valence-electron chi connectivity index (χ0n) is 12.5. The zero-order valence-corrected chi connectivity index (χ0v) is 13.2. The van der Waals surface area contributed by atoms with Crippen LogP contribution in [-0.4, -0.2) is 24.1 Å². The van der Waals surface area contributed by atoms with Gasteiger partial charge in [0.2, 0.25) is 0 Å². The van der Waals surface area contributed by atoms with Crippen LogP contribution in [0.1, 0.15) is 42.2 Å². The van der Waals surface area contributed by atoms with Gasteiger partial charge in [-0.3, -0.25) is 9.59 Å². The molecule has 0 fully saturated rings. The highest BCUT2D eigenvalue weighted by Crippen LogP contribution is 2.32. The summed E-state index contributed by atoms with van der Waals surface area (Å²) in [5.41, 5.74) is 6.71. The number of nitrogens with two attached hydrogens (primary N) is 1. The fourth-order valence-electron chi connectivity index (χ4n) is 2.61. The molecule has 0 atom stereocenters. The number of hydrogen-bond donors (Lipinski definition) is 1. The Hall–Kier alpha value is -2.92. The Morgan fingerprint density at radius 3 is 2.29 bits per heavy atom. The average molecular weight is 342 g/mol. The molecule has 0 saturated carbocycles. The second-order valence-corrected chi connectivity index (χ2v) is 5.78. The normalized spacial score (nSPS) is 12.4. The van der Waals surface area contributed by atoms with Gasteiger partial charge in [-0.2, -0.15) is 0 Å². The SMILES string of the molecule is C=C(Cl)COC(=O)c1ccc2c(c1N)C(=O)c1ccccc1C2=O. The summed E-state index contributed by atoms with van der Waals surface area (Å²) >= 11 is 5.56. The predicted octanol–water partition coefficient (Wildman–Crippen LogP) is 2.95. The minimum atomic E-state index is -0.740. The van der Waals surface area contributed by atoms with Crippen LogP contribution in [0.5, 0.6) is 0 Å². The third-order valence-corrected chi connectivity index (χ3v) is 3.82. The molecule has 0 heterocycles. The number of ether oxygens (including phenoxy) is 1. The smallest absolute Gasteiger partial charge is 0.340 e. The average Bonchev–Trinajstić information content (AvgIpc) is 2.57. The van der Waals surface area contributed by atoms with Gasteiger partial charge in [0, 0.05) is 21.7 Å². The van der Waals surface area contributed by atoms with Crippen LogP contribution in [0.4, 0.5) is 5.69 Å². The lowest BCUT2D eigenvalue weighted by Gasteiger charge is -2.20. The van der Waals surface area contributed by atoms with E-state index in [4.69, 9.17) is 22.1 Å². The number of halogens is 1. The fourth-order valence-corrected chi connectivity index (χ4v) is 2.67. The van der Waals surface area contributed by atoms with Crippen LogP contribution in [0.25, 0.3) is 0 Å². The number of rotatable bonds is 3. The summed E-state index contributed by atoms with van der Waals surface area (Å²) in [4.78, 5) is 37.3. The first-order valence-corrected chi connectivity index (χ1v) is 7.41. The largest absolute Gasteiger partial charge is 0.456 e. The Bertz CT molecular complexity index is 917. The summed E-state index contributed by atoms with van der Waals surface area (Å²) in [5, 5.41) is 0.153. The molecule has 0 aliphatic heterocycles. The minimum absolute atomic E-state index is 0.00666. The van der Waals surface area contributed by atoms with Crippen molar-refractivity contribution in [2.24, 2.45) is 0 Å². The summed E-state index contributed by atoms with van der Waals surface area (Å²) in [6.45, 7) is 3.24. The Morgan fingerprint density at radius 2 is 1.67 bits per heavy atom. The van der Waals surface area contributed by atoms with Gasteiger partial charge in [0.1, 0.15) is 6.61 Å². The molecule has 0 saturated heterocycles. The van der Waals surface area contributed by atoms with Crippen molar-refractivity contribution in [3.63, 3.8) is 0 Å². The molecule has 1 aliphatic rings. The molecule has 6 heteroatoms. The van der Waals surface area contributed by atoms with Crippen LogP contribution < -0.4 is 5.73 Å². The molecule has 0 radical (unpaired) electrons. The van der Waals surface area contributed by atoms with E-state index >= 15 is 0 Å². The van der Waals surface area contributed by atoms with Crippen molar-refractivity contribution >= 4 is 34.8 Å². The van der Waals surface area contributed by atoms with E-state index in [1.165, 1.54) is 12.1 Å². The van der Waals surface area contributed by atoms with E-state index in [2.05, 4.69) is 6.58 Å². The van der Waals surface area contributed by atoms with Gasteiger partial charge in [0.15, 0.2) is 11.6 Å². The molecule has 0 amide bonds. The second kappa shape index (κ2) is 5.94. The van der Waals surface area contributed by atoms with Gasteiger partial charge in [0.05, 0.1) is 16.8 Å². The van der Waals surface area contributed by atoms with Crippen molar-refractivity contribution in [1.82, 2.24) is 0 Å². The molecule has 3 rings (SSSR count). The maximum absolute atomic E-state index is 12.7. The van der Waals surface area contributed by atoms with Crippen LogP contribution in [0.15, 0.2) is 48.0 Å². The molecule has 2 aromatic carbocycles. The van der Waals surface area contributed by atoms with Gasteiger partial charge >= 0.3 is 5.97 Å². The highest BCUT2D eigenvalue weighted by atomic mass is 35.5. The fraction of sp³-hybridized carbons (Fsp3) is 0.0556. The summed E-state index contributed by atoms with van der Waals surface area (Å²) in [6, 6.07) is 9.27. The highest BCUT2D eigenvalue weighted by molar-refractivity contribution is 6.31. The van der Waals surface area contributed by atoms with E-state index in [0.29, 0.717) is 5.56 Å². The first-order chi connectivity index (χ1) is 11.4. The number of nitrogen functional groups attached to an aromatic ring is 1. The number of anilines is 1. The molecule has 120 valence electrons. The number of carbonyl (C=O) groups is 3. The Balaban J connectivity index is 2.09. The van der Waals surface area contributed by atoms with Crippen molar-refractivity contribution < 1.29 is 19.1 Å². The van der Waals surface area contributed by atoms with Crippen molar-refractivity contribution in [2.75, 3.05) is 12.3 Å². The van der Waals surface area contributed by atoms with Gasteiger partial charge in [-0.15, -0.1) is 0 Å². The number of benzene rings is 2. The summed E-state index contributed by atoms with van der Waals surface area (Å²) in [6.07, 6.45) is 0. The molecular formula is C18H12ClNO4. The monoisotopic (exact) mass is 341 g/mol. The molecule has 1 aliphatic carbocycles. The number of ketones is 2. The molecule has 0 spiro atoms. The van der Waals surface area contributed by atoms with E-state index in [1.807, 2.05) is 0 Å². The number of carbonyl (C=O) groups excluding carboxylic acids is 3. The Morgan fingerprint density at radius 1 is 1.04 bits per heavy atom. The third kappa shape index (κ3) is 2.49. The van der Waals surface area contributed by atoms with Crippen LogP contribution in [-0.2, 0) is 4.74 Å². The highest BCUT2D eigenvalue weighted by Gasteiger charge is 2.32.